The van der Waals surface area contributed by atoms with Gasteiger partial charge in [0.05, 0.1) is 0 Å². The largest absolute Gasteiger partial charge is 0.326 e. The fourth-order valence-corrected chi connectivity index (χ4v) is 10.1. The van der Waals surface area contributed by atoms with Gasteiger partial charge in [-0.2, -0.15) is 0 Å². The average Bonchev–Trinajstić information content (AvgIpc) is 2.64. The topological polar surface area (TPSA) is 52.0 Å². The Balaban J connectivity index is 2.10. The Morgan fingerprint density at radius 1 is 0.621 bits per heavy atom. The third kappa shape index (κ3) is 6.25. The van der Waals surface area contributed by atoms with Crippen molar-refractivity contribution < 1.29 is 0 Å². The van der Waals surface area contributed by atoms with Gasteiger partial charge in [0.1, 0.15) is 0 Å². The molecule has 0 aromatic heterocycles. The highest BCUT2D eigenvalue weighted by molar-refractivity contribution is 14.1. The maximum absolute atomic E-state index is 6.97. The Bertz CT molecular complexity index is 455. The first-order valence-electron chi connectivity index (χ1n) is 12.5. The minimum absolute atomic E-state index is 0.219. The molecule has 29 heavy (non-hydrogen) atoms. The zero-order valence-electron chi connectivity index (χ0n) is 19.7. The van der Waals surface area contributed by atoms with Crippen molar-refractivity contribution in [3.05, 3.63) is 0 Å². The van der Waals surface area contributed by atoms with Gasteiger partial charge in [-0.05, 0) is 81.5 Å². The summed E-state index contributed by atoms with van der Waals surface area (Å²) in [5.74, 6) is 0. The standard InChI is InChI=1S/C25H48I2N2/c1-5-9-22(10-6-2)13-15-24(26,20(28)17-22)19-25(27)16-14-23(11-7-3,12-8-4)18-21(25)29/h20-21H,5-19,28-29H2,1-4H3. The molecule has 2 saturated carbocycles. The van der Waals surface area contributed by atoms with E-state index in [-0.39, 0.29) is 6.84 Å². The van der Waals surface area contributed by atoms with Crippen molar-refractivity contribution in [1.82, 2.24) is 0 Å². The molecule has 172 valence electrons. The van der Waals surface area contributed by atoms with E-state index in [2.05, 4.69) is 72.9 Å². The number of hydrogen-bond acceptors (Lipinski definition) is 2. The van der Waals surface area contributed by atoms with Crippen molar-refractivity contribution in [2.45, 2.75) is 143 Å². The zero-order valence-corrected chi connectivity index (χ0v) is 24.0. The highest BCUT2D eigenvalue weighted by Crippen LogP contribution is 2.57. The van der Waals surface area contributed by atoms with Crippen molar-refractivity contribution in [3.8, 4) is 0 Å². The Morgan fingerprint density at radius 3 is 1.17 bits per heavy atom. The van der Waals surface area contributed by atoms with E-state index in [9.17, 15) is 0 Å². The summed E-state index contributed by atoms with van der Waals surface area (Å²) < 4.78 is 0.439. The molecule has 0 aliphatic heterocycles. The lowest BCUT2D eigenvalue weighted by atomic mass is 9.59. The van der Waals surface area contributed by atoms with E-state index >= 15 is 0 Å². The van der Waals surface area contributed by atoms with Gasteiger partial charge in [0.2, 0.25) is 0 Å². The SMILES string of the molecule is CCCC1(CCC)CCC(I)(CC2(I)CCC(CCC)(CCC)CC2N)C(N)C1. The molecule has 0 heterocycles. The normalized spacial score (nSPS) is 36.8. The molecule has 0 saturated heterocycles. The maximum atomic E-state index is 6.97. The van der Waals surface area contributed by atoms with Crippen LogP contribution in [0.1, 0.15) is 124 Å². The van der Waals surface area contributed by atoms with E-state index in [4.69, 9.17) is 11.5 Å². The summed E-state index contributed by atoms with van der Waals surface area (Å²) in [5, 5.41) is 0. The first-order chi connectivity index (χ1) is 13.6. The van der Waals surface area contributed by atoms with Crippen molar-refractivity contribution in [1.29, 1.82) is 0 Å². The van der Waals surface area contributed by atoms with E-state index in [0.29, 0.717) is 22.9 Å². The molecule has 0 spiro atoms. The molecule has 2 aliphatic carbocycles. The van der Waals surface area contributed by atoms with Crippen LogP contribution in [0.25, 0.3) is 0 Å². The van der Waals surface area contributed by atoms with Gasteiger partial charge >= 0.3 is 0 Å². The molecule has 4 unspecified atom stereocenters. The highest BCUT2D eigenvalue weighted by Gasteiger charge is 2.53. The van der Waals surface area contributed by atoms with Gasteiger partial charge in [-0.25, -0.2) is 0 Å². The van der Waals surface area contributed by atoms with Crippen molar-refractivity contribution in [3.63, 3.8) is 0 Å². The van der Waals surface area contributed by atoms with Gasteiger partial charge in [-0.15, -0.1) is 0 Å². The summed E-state index contributed by atoms with van der Waals surface area (Å²) in [6.45, 7) is 9.37. The first kappa shape index (κ1) is 26.6. The summed E-state index contributed by atoms with van der Waals surface area (Å²) in [7, 11) is 0. The zero-order chi connectivity index (χ0) is 21.8. The Hall–Kier alpha value is 1.38. The van der Waals surface area contributed by atoms with Gasteiger partial charge in [0.25, 0.3) is 0 Å². The maximum Gasteiger partial charge on any atom is 0.0386 e. The third-order valence-electron chi connectivity index (χ3n) is 8.49. The Labute approximate surface area is 209 Å². The second-order valence-electron chi connectivity index (χ2n) is 10.9. The fourth-order valence-electron chi connectivity index (χ4n) is 7.03. The molecule has 2 rings (SSSR count). The number of nitrogens with two attached hydrogens (primary N) is 2. The van der Waals surface area contributed by atoms with Crippen LogP contribution >= 0.6 is 45.2 Å². The molecule has 0 amide bonds. The number of halogens is 2. The van der Waals surface area contributed by atoms with E-state index in [1.165, 1.54) is 96.3 Å². The van der Waals surface area contributed by atoms with Gasteiger partial charge in [-0.1, -0.05) is 98.6 Å². The fraction of sp³-hybridized carbons (Fsp3) is 1.00. The van der Waals surface area contributed by atoms with Crippen molar-refractivity contribution in [2.24, 2.45) is 22.3 Å². The lowest BCUT2D eigenvalue weighted by molar-refractivity contribution is 0.0904. The lowest BCUT2D eigenvalue weighted by Gasteiger charge is -2.54. The molecule has 0 radical (unpaired) electrons. The third-order valence-corrected chi connectivity index (χ3v) is 11.9. The van der Waals surface area contributed by atoms with Gasteiger partial charge < -0.3 is 11.5 Å². The summed E-state index contributed by atoms with van der Waals surface area (Å²) in [6.07, 6.45) is 19.5. The quantitative estimate of drug-likeness (QED) is 0.190. The molecule has 2 nitrogen and oxygen atoms in total. The Kier molecular flexibility index (Phi) is 10.1. The Morgan fingerprint density at radius 2 is 0.931 bits per heavy atom. The van der Waals surface area contributed by atoms with Crippen LogP contribution < -0.4 is 11.5 Å². The average molecular weight is 630 g/mol. The number of alkyl halides is 2. The summed E-state index contributed by atoms with van der Waals surface area (Å²) in [4.78, 5) is 0. The van der Waals surface area contributed by atoms with Crippen LogP contribution in [0.2, 0.25) is 0 Å². The minimum atomic E-state index is 0.219. The molecule has 4 heteroatoms. The molecule has 2 aliphatic rings. The molecule has 0 aromatic rings. The second-order valence-corrected chi connectivity index (χ2v) is 15.2. The molecule has 0 bridgehead atoms. The number of hydrogen-bond donors (Lipinski definition) is 2. The van der Waals surface area contributed by atoms with Crippen LogP contribution in [0.15, 0.2) is 0 Å². The second kappa shape index (κ2) is 11.0. The first-order valence-corrected chi connectivity index (χ1v) is 14.7. The smallest absolute Gasteiger partial charge is 0.0386 e. The molecular weight excluding hydrogens is 582 g/mol. The molecular formula is C25H48I2N2. The van der Waals surface area contributed by atoms with Crippen LogP contribution in [0.3, 0.4) is 0 Å². The molecule has 4 atom stereocenters. The van der Waals surface area contributed by atoms with Crippen molar-refractivity contribution >= 4 is 45.2 Å². The van der Waals surface area contributed by atoms with Crippen LogP contribution in [-0.4, -0.2) is 18.9 Å². The van der Waals surface area contributed by atoms with E-state index < -0.39 is 0 Å². The predicted molar refractivity (Wildman–Crippen MR) is 146 cm³/mol. The number of rotatable bonds is 10. The van der Waals surface area contributed by atoms with E-state index in [1.807, 2.05) is 0 Å². The predicted octanol–water partition coefficient (Wildman–Crippen LogP) is 7.92. The summed E-state index contributed by atoms with van der Waals surface area (Å²) in [5.41, 5.74) is 14.9. The van der Waals surface area contributed by atoms with E-state index in [0.717, 1.165) is 0 Å². The van der Waals surface area contributed by atoms with Gasteiger partial charge in [-0.3, -0.25) is 0 Å². The van der Waals surface area contributed by atoms with Crippen molar-refractivity contribution in [2.75, 3.05) is 0 Å². The molecule has 0 aromatic carbocycles. The van der Waals surface area contributed by atoms with Gasteiger partial charge in [0, 0.05) is 18.9 Å². The van der Waals surface area contributed by atoms with Gasteiger partial charge in [0.15, 0.2) is 0 Å². The monoisotopic (exact) mass is 630 g/mol. The lowest BCUT2D eigenvalue weighted by Crippen LogP contribution is -2.59. The molecule has 4 N–H and O–H groups in total. The molecule has 2 fully saturated rings. The highest BCUT2D eigenvalue weighted by atomic mass is 127. The summed E-state index contributed by atoms with van der Waals surface area (Å²) >= 11 is 5.54. The summed E-state index contributed by atoms with van der Waals surface area (Å²) in [6, 6.07) is 0.624. The van der Waals surface area contributed by atoms with Crippen LogP contribution in [0.4, 0.5) is 0 Å². The minimum Gasteiger partial charge on any atom is -0.326 e. The van der Waals surface area contributed by atoms with Crippen LogP contribution in [-0.2, 0) is 0 Å². The van der Waals surface area contributed by atoms with E-state index in [1.54, 1.807) is 0 Å². The van der Waals surface area contributed by atoms with Crippen LogP contribution in [0.5, 0.6) is 0 Å². The van der Waals surface area contributed by atoms with Crippen LogP contribution in [0, 0.1) is 10.8 Å².